The summed E-state index contributed by atoms with van der Waals surface area (Å²) in [6, 6.07) is 4.49. The number of aromatic amines is 1. The quantitative estimate of drug-likeness (QED) is 0.898. The number of rotatable bonds is 3. The zero-order valence-electron chi connectivity index (χ0n) is 12.0. The molecular weight excluding hydrogens is 250 g/mol. The molecule has 1 atom stereocenters. The Morgan fingerprint density at radius 2 is 2.30 bits per heavy atom. The number of nitrogens with zero attached hydrogens (tertiary/aromatic N) is 3. The van der Waals surface area contributed by atoms with Crippen LogP contribution < -0.4 is 5.73 Å². The highest BCUT2D eigenvalue weighted by molar-refractivity contribution is 5.67. The summed E-state index contributed by atoms with van der Waals surface area (Å²) in [6.45, 7) is 6.74. The van der Waals surface area contributed by atoms with Gasteiger partial charge in [-0.25, -0.2) is 4.98 Å². The minimum absolute atomic E-state index is 0.518. The molecule has 1 aliphatic heterocycles. The third-order valence-corrected chi connectivity index (χ3v) is 4.12. The number of nitrogens with one attached hydrogen (secondary N) is 1. The first-order valence-electron chi connectivity index (χ1n) is 7.14. The van der Waals surface area contributed by atoms with Crippen LogP contribution in [-0.4, -0.2) is 39.2 Å². The van der Waals surface area contributed by atoms with Crippen LogP contribution in [0, 0.1) is 0 Å². The van der Waals surface area contributed by atoms with Crippen LogP contribution in [0.2, 0.25) is 0 Å². The first-order chi connectivity index (χ1) is 9.65. The summed E-state index contributed by atoms with van der Waals surface area (Å²) in [4.78, 5) is 6.56. The highest BCUT2D eigenvalue weighted by Gasteiger charge is 2.28. The maximum Gasteiger partial charge on any atom is 0.123 e. The van der Waals surface area contributed by atoms with Gasteiger partial charge in [-0.1, -0.05) is 0 Å². The molecule has 0 radical (unpaired) electrons. The van der Waals surface area contributed by atoms with Gasteiger partial charge in [0.2, 0.25) is 0 Å². The summed E-state index contributed by atoms with van der Waals surface area (Å²) < 4.78 is 0. The maximum atomic E-state index is 5.78. The van der Waals surface area contributed by atoms with E-state index in [0.29, 0.717) is 17.8 Å². The molecule has 2 aromatic heterocycles. The molecule has 5 heteroatoms. The average Bonchev–Trinajstić information content (AvgIpc) is 3.07. The SMILES string of the molecule is CC(C)N1CC[C@H](c2[nH]ncc2-c2ccnc(N)c2)C1. The van der Waals surface area contributed by atoms with Crippen molar-refractivity contribution in [3.05, 3.63) is 30.2 Å². The fourth-order valence-corrected chi connectivity index (χ4v) is 2.95. The molecule has 2 aromatic rings. The highest BCUT2D eigenvalue weighted by atomic mass is 15.2. The number of nitrogen functional groups attached to an aromatic ring is 1. The summed E-state index contributed by atoms with van der Waals surface area (Å²) in [5.74, 6) is 1.06. The van der Waals surface area contributed by atoms with Gasteiger partial charge in [0.15, 0.2) is 0 Å². The van der Waals surface area contributed by atoms with Gasteiger partial charge < -0.3 is 10.6 Å². The van der Waals surface area contributed by atoms with E-state index in [-0.39, 0.29) is 0 Å². The molecule has 3 heterocycles. The fourth-order valence-electron chi connectivity index (χ4n) is 2.95. The molecule has 0 aromatic carbocycles. The van der Waals surface area contributed by atoms with Crippen molar-refractivity contribution < 1.29 is 0 Å². The van der Waals surface area contributed by atoms with Crippen LogP contribution in [-0.2, 0) is 0 Å². The van der Waals surface area contributed by atoms with Gasteiger partial charge >= 0.3 is 0 Å². The fraction of sp³-hybridized carbons (Fsp3) is 0.467. The lowest BCUT2D eigenvalue weighted by molar-refractivity contribution is 0.272. The molecule has 3 N–H and O–H groups in total. The molecule has 0 unspecified atom stereocenters. The molecule has 0 saturated carbocycles. The van der Waals surface area contributed by atoms with Crippen molar-refractivity contribution in [2.75, 3.05) is 18.8 Å². The molecule has 0 amide bonds. The maximum absolute atomic E-state index is 5.78. The van der Waals surface area contributed by atoms with Gasteiger partial charge in [0.25, 0.3) is 0 Å². The van der Waals surface area contributed by atoms with E-state index in [1.807, 2.05) is 18.3 Å². The van der Waals surface area contributed by atoms with Crippen LogP contribution in [0.3, 0.4) is 0 Å². The number of nitrogens with two attached hydrogens (primary N) is 1. The topological polar surface area (TPSA) is 70.8 Å². The van der Waals surface area contributed by atoms with Crippen LogP contribution in [0.4, 0.5) is 5.82 Å². The monoisotopic (exact) mass is 271 g/mol. The smallest absolute Gasteiger partial charge is 0.123 e. The van der Waals surface area contributed by atoms with E-state index in [9.17, 15) is 0 Å². The first-order valence-corrected chi connectivity index (χ1v) is 7.14. The van der Waals surface area contributed by atoms with Gasteiger partial charge in [-0.15, -0.1) is 0 Å². The number of hydrogen-bond donors (Lipinski definition) is 2. The molecule has 1 saturated heterocycles. The Labute approximate surface area is 119 Å². The predicted octanol–water partition coefficient (Wildman–Crippen LogP) is 2.25. The van der Waals surface area contributed by atoms with Crippen molar-refractivity contribution in [2.24, 2.45) is 0 Å². The summed E-state index contributed by atoms with van der Waals surface area (Å²) in [6.07, 6.45) is 4.81. The largest absolute Gasteiger partial charge is 0.384 e. The van der Waals surface area contributed by atoms with Crippen molar-refractivity contribution in [2.45, 2.75) is 32.2 Å². The zero-order chi connectivity index (χ0) is 14.1. The molecule has 5 nitrogen and oxygen atoms in total. The Kier molecular flexibility index (Phi) is 3.44. The summed E-state index contributed by atoms with van der Waals surface area (Å²) in [5.41, 5.74) is 9.24. The van der Waals surface area contributed by atoms with Gasteiger partial charge in [0.1, 0.15) is 5.82 Å². The zero-order valence-corrected chi connectivity index (χ0v) is 12.0. The van der Waals surface area contributed by atoms with Crippen LogP contribution in [0.15, 0.2) is 24.5 Å². The Hall–Kier alpha value is -1.88. The van der Waals surface area contributed by atoms with Crippen LogP contribution >= 0.6 is 0 Å². The van der Waals surface area contributed by atoms with E-state index >= 15 is 0 Å². The number of aromatic nitrogens is 3. The number of H-pyrrole nitrogens is 1. The molecule has 20 heavy (non-hydrogen) atoms. The molecule has 0 aliphatic carbocycles. The molecule has 106 valence electrons. The molecule has 1 fully saturated rings. The average molecular weight is 271 g/mol. The van der Waals surface area contributed by atoms with Gasteiger partial charge in [-0.2, -0.15) is 5.10 Å². The van der Waals surface area contributed by atoms with Crippen LogP contribution in [0.25, 0.3) is 11.1 Å². The normalized spacial score (nSPS) is 19.9. The molecule has 1 aliphatic rings. The minimum Gasteiger partial charge on any atom is -0.384 e. The lowest BCUT2D eigenvalue weighted by Gasteiger charge is -2.20. The van der Waals surface area contributed by atoms with Gasteiger partial charge in [-0.05, 0) is 44.5 Å². The van der Waals surface area contributed by atoms with Gasteiger partial charge in [0, 0.05) is 36.0 Å². The van der Waals surface area contributed by atoms with Crippen molar-refractivity contribution in [3.63, 3.8) is 0 Å². The van der Waals surface area contributed by atoms with Crippen LogP contribution in [0.1, 0.15) is 31.9 Å². The standard InChI is InChI=1S/C15H21N5/c1-10(2)20-6-4-12(9-20)15-13(8-18-19-15)11-3-5-17-14(16)7-11/h3,5,7-8,10,12H,4,6,9H2,1-2H3,(H2,16,17)(H,18,19)/t12-/m0/s1. The van der Waals surface area contributed by atoms with E-state index in [0.717, 1.165) is 24.2 Å². The van der Waals surface area contributed by atoms with E-state index in [1.54, 1.807) is 6.20 Å². The number of hydrogen-bond acceptors (Lipinski definition) is 4. The summed E-state index contributed by atoms with van der Waals surface area (Å²) in [7, 11) is 0. The van der Waals surface area contributed by atoms with Crippen molar-refractivity contribution in [1.29, 1.82) is 0 Å². The second kappa shape index (κ2) is 5.25. The van der Waals surface area contributed by atoms with E-state index in [2.05, 4.69) is 33.9 Å². The first kappa shape index (κ1) is 13.1. The highest BCUT2D eigenvalue weighted by Crippen LogP contribution is 2.34. The summed E-state index contributed by atoms with van der Waals surface area (Å²) >= 11 is 0. The predicted molar refractivity (Wildman–Crippen MR) is 80.3 cm³/mol. The van der Waals surface area contributed by atoms with Gasteiger partial charge in [0.05, 0.1) is 6.20 Å². The van der Waals surface area contributed by atoms with E-state index in [4.69, 9.17) is 5.73 Å². The molecule has 0 bridgehead atoms. The molecule has 3 rings (SSSR count). The lowest BCUT2D eigenvalue weighted by Crippen LogP contribution is -2.28. The Morgan fingerprint density at radius 3 is 3.00 bits per heavy atom. The van der Waals surface area contributed by atoms with Crippen molar-refractivity contribution in [1.82, 2.24) is 20.1 Å². The Bertz CT molecular complexity index is 589. The number of pyridine rings is 1. The Morgan fingerprint density at radius 1 is 1.45 bits per heavy atom. The number of anilines is 1. The summed E-state index contributed by atoms with van der Waals surface area (Å²) in [5, 5.41) is 7.43. The van der Waals surface area contributed by atoms with E-state index < -0.39 is 0 Å². The molecular formula is C15H21N5. The van der Waals surface area contributed by atoms with Crippen molar-refractivity contribution in [3.8, 4) is 11.1 Å². The molecule has 0 spiro atoms. The second-order valence-corrected chi connectivity index (χ2v) is 5.74. The Balaban J connectivity index is 1.88. The van der Waals surface area contributed by atoms with Crippen molar-refractivity contribution >= 4 is 5.82 Å². The second-order valence-electron chi connectivity index (χ2n) is 5.74. The third kappa shape index (κ3) is 2.41. The minimum atomic E-state index is 0.518. The van der Waals surface area contributed by atoms with E-state index in [1.165, 1.54) is 12.1 Å². The third-order valence-electron chi connectivity index (χ3n) is 4.12. The number of likely N-dealkylation sites (tertiary alicyclic amines) is 1. The van der Waals surface area contributed by atoms with Gasteiger partial charge in [-0.3, -0.25) is 5.10 Å². The lowest BCUT2D eigenvalue weighted by atomic mass is 9.97. The van der Waals surface area contributed by atoms with Crippen LogP contribution in [0.5, 0.6) is 0 Å².